The third kappa shape index (κ3) is 3.30. The molecule has 1 unspecified atom stereocenters. The summed E-state index contributed by atoms with van der Waals surface area (Å²) in [6, 6.07) is 13.0. The van der Waals surface area contributed by atoms with Crippen LogP contribution in [0.1, 0.15) is 28.9 Å². The summed E-state index contributed by atoms with van der Waals surface area (Å²) >= 11 is 3.45. The highest BCUT2D eigenvalue weighted by atomic mass is 79.9. The van der Waals surface area contributed by atoms with E-state index in [9.17, 15) is 4.79 Å². The summed E-state index contributed by atoms with van der Waals surface area (Å²) in [4.78, 5) is 11.2. The minimum atomic E-state index is -0.469. The molecule has 0 aromatic heterocycles. The van der Waals surface area contributed by atoms with Gasteiger partial charge in [0.1, 0.15) is 0 Å². The van der Waals surface area contributed by atoms with Gasteiger partial charge in [0.2, 0.25) is 5.91 Å². The first-order valence-electron chi connectivity index (χ1n) is 6.18. The Bertz CT molecular complexity index is 643. The van der Waals surface area contributed by atoms with Crippen molar-refractivity contribution in [3.63, 3.8) is 0 Å². The molecule has 0 fully saturated rings. The van der Waals surface area contributed by atoms with Crippen molar-refractivity contribution in [2.45, 2.75) is 13.0 Å². The van der Waals surface area contributed by atoms with Crippen LogP contribution in [0.5, 0.6) is 0 Å². The summed E-state index contributed by atoms with van der Waals surface area (Å²) in [5.41, 5.74) is 14.0. The Labute approximate surface area is 126 Å². The molecule has 0 aliphatic heterocycles. The van der Waals surface area contributed by atoms with Gasteiger partial charge in [0.15, 0.2) is 0 Å². The van der Waals surface area contributed by atoms with E-state index in [0.717, 1.165) is 10.0 Å². The lowest BCUT2D eigenvalue weighted by molar-refractivity contribution is 0.100. The minimum absolute atomic E-state index is 0.0536. The molecule has 0 aliphatic carbocycles. The Morgan fingerprint density at radius 3 is 2.65 bits per heavy atom. The third-order valence-corrected chi connectivity index (χ3v) is 3.55. The van der Waals surface area contributed by atoms with Crippen LogP contribution in [0.4, 0.5) is 11.4 Å². The highest BCUT2D eigenvalue weighted by molar-refractivity contribution is 9.10. The first kappa shape index (κ1) is 14.4. The van der Waals surface area contributed by atoms with Crippen molar-refractivity contribution < 1.29 is 4.79 Å². The van der Waals surface area contributed by atoms with E-state index in [1.165, 1.54) is 0 Å². The van der Waals surface area contributed by atoms with E-state index in [4.69, 9.17) is 11.5 Å². The molecule has 2 aromatic rings. The Hall–Kier alpha value is -2.01. The molecule has 0 aliphatic rings. The number of carbonyl (C=O) groups excluding carboxylic acids is 1. The van der Waals surface area contributed by atoms with Crippen molar-refractivity contribution in [3.05, 3.63) is 58.1 Å². The van der Waals surface area contributed by atoms with Crippen LogP contribution in [0.25, 0.3) is 0 Å². The quantitative estimate of drug-likeness (QED) is 0.751. The molecule has 1 amide bonds. The number of halogens is 1. The molecule has 2 rings (SSSR count). The Morgan fingerprint density at radius 2 is 2.00 bits per heavy atom. The van der Waals surface area contributed by atoms with E-state index >= 15 is 0 Å². The first-order valence-corrected chi connectivity index (χ1v) is 6.98. The van der Waals surface area contributed by atoms with Gasteiger partial charge in [-0.05, 0) is 42.8 Å². The van der Waals surface area contributed by atoms with Crippen LogP contribution in [0, 0.1) is 0 Å². The summed E-state index contributed by atoms with van der Waals surface area (Å²) in [5, 5.41) is 3.30. The predicted octanol–water partition coefficient (Wildman–Crippen LogP) is 3.30. The summed E-state index contributed by atoms with van der Waals surface area (Å²) < 4.78 is 1.02. The van der Waals surface area contributed by atoms with Gasteiger partial charge < -0.3 is 16.8 Å². The van der Waals surface area contributed by atoms with Crippen molar-refractivity contribution in [3.8, 4) is 0 Å². The third-order valence-electron chi connectivity index (χ3n) is 3.06. The van der Waals surface area contributed by atoms with E-state index in [0.29, 0.717) is 16.9 Å². The molecule has 1 atom stereocenters. The topological polar surface area (TPSA) is 81.1 Å². The first-order chi connectivity index (χ1) is 9.47. The highest BCUT2D eigenvalue weighted by Crippen LogP contribution is 2.26. The number of nitrogens with two attached hydrogens (primary N) is 2. The zero-order valence-corrected chi connectivity index (χ0v) is 12.6. The summed E-state index contributed by atoms with van der Waals surface area (Å²) in [7, 11) is 0. The molecule has 2 aromatic carbocycles. The second-order valence-corrected chi connectivity index (χ2v) is 5.50. The van der Waals surface area contributed by atoms with E-state index in [2.05, 4.69) is 21.2 Å². The molecule has 5 N–H and O–H groups in total. The maximum absolute atomic E-state index is 11.2. The van der Waals surface area contributed by atoms with Gasteiger partial charge in [-0.1, -0.05) is 28.1 Å². The second kappa shape index (κ2) is 5.96. The van der Waals surface area contributed by atoms with Crippen LogP contribution in [0.2, 0.25) is 0 Å². The lowest BCUT2D eigenvalue weighted by Gasteiger charge is -2.18. The molecule has 0 bridgehead atoms. The van der Waals surface area contributed by atoms with Crippen LogP contribution < -0.4 is 16.8 Å². The number of anilines is 2. The average molecular weight is 334 g/mol. The Balaban J connectivity index is 2.25. The molecular weight excluding hydrogens is 318 g/mol. The largest absolute Gasteiger partial charge is 0.397 e. The van der Waals surface area contributed by atoms with E-state index in [-0.39, 0.29) is 6.04 Å². The average Bonchev–Trinajstić information content (AvgIpc) is 2.41. The van der Waals surface area contributed by atoms with E-state index < -0.39 is 5.91 Å². The van der Waals surface area contributed by atoms with Crippen LogP contribution >= 0.6 is 15.9 Å². The summed E-state index contributed by atoms with van der Waals surface area (Å²) in [6.07, 6.45) is 0. The van der Waals surface area contributed by atoms with Gasteiger partial charge in [-0.3, -0.25) is 4.79 Å². The number of nitrogen functional groups attached to an aromatic ring is 1. The smallest absolute Gasteiger partial charge is 0.248 e. The zero-order valence-electron chi connectivity index (χ0n) is 11.1. The van der Waals surface area contributed by atoms with Gasteiger partial charge in [0.25, 0.3) is 0 Å². The Kier molecular flexibility index (Phi) is 4.29. The van der Waals surface area contributed by atoms with Crippen LogP contribution in [0.3, 0.4) is 0 Å². The van der Waals surface area contributed by atoms with Crippen LogP contribution in [-0.4, -0.2) is 5.91 Å². The maximum Gasteiger partial charge on any atom is 0.248 e. The van der Waals surface area contributed by atoms with Crippen LogP contribution in [-0.2, 0) is 0 Å². The molecule has 0 radical (unpaired) electrons. The maximum atomic E-state index is 11.2. The van der Waals surface area contributed by atoms with Crippen molar-refractivity contribution >= 4 is 33.2 Å². The van der Waals surface area contributed by atoms with E-state index in [1.54, 1.807) is 18.2 Å². The number of hydrogen-bond donors (Lipinski definition) is 3. The van der Waals surface area contributed by atoms with Crippen molar-refractivity contribution in [1.29, 1.82) is 0 Å². The molecular formula is C15H16BrN3O. The monoisotopic (exact) mass is 333 g/mol. The molecule has 104 valence electrons. The van der Waals surface area contributed by atoms with Gasteiger partial charge in [-0.2, -0.15) is 0 Å². The fraction of sp³-hybridized carbons (Fsp3) is 0.133. The normalized spacial score (nSPS) is 11.9. The number of benzene rings is 2. The number of hydrogen-bond acceptors (Lipinski definition) is 3. The molecule has 0 spiro atoms. The number of primary amides is 1. The molecule has 0 saturated heterocycles. The van der Waals surface area contributed by atoms with Gasteiger partial charge in [0.05, 0.1) is 11.4 Å². The fourth-order valence-electron chi connectivity index (χ4n) is 1.93. The van der Waals surface area contributed by atoms with Crippen molar-refractivity contribution in [1.82, 2.24) is 0 Å². The molecule has 5 heteroatoms. The van der Waals surface area contributed by atoms with Gasteiger partial charge in [-0.25, -0.2) is 0 Å². The predicted molar refractivity (Wildman–Crippen MR) is 85.6 cm³/mol. The zero-order chi connectivity index (χ0) is 14.7. The summed E-state index contributed by atoms with van der Waals surface area (Å²) in [5.74, 6) is -0.469. The number of rotatable bonds is 4. The van der Waals surface area contributed by atoms with Gasteiger partial charge in [-0.15, -0.1) is 0 Å². The minimum Gasteiger partial charge on any atom is -0.397 e. The second-order valence-electron chi connectivity index (χ2n) is 4.59. The molecule has 0 saturated carbocycles. The number of carbonyl (C=O) groups is 1. The SMILES string of the molecule is CC(Nc1cc(C(N)=O)ccc1N)c1cccc(Br)c1. The van der Waals surface area contributed by atoms with Crippen LogP contribution in [0.15, 0.2) is 46.9 Å². The lowest BCUT2D eigenvalue weighted by Crippen LogP contribution is -2.13. The van der Waals surface area contributed by atoms with Crippen molar-refractivity contribution in [2.75, 3.05) is 11.1 Å². The highest BCUT2D eigenvalue weighted by Gasteiger charge is 2.10. The number of amides is 1. The van der Waals surface area contributed by atoms with Gasteiger partial charge in [0, 0.05) is 16.1 Å². The molecule has 20 heavy (non-hydrogen) atoms. The number of nitrogens with one attached hydrogen (secondary N) is 1. The summed E-state index contributed by atoms with van der Waals surface area (Å²) in [6.45, 7) is 2.03. The standard InChI is InChI=1S/C15H16BrN3O/c1-9(10-3-2-4-12(16)7-10)19-14-8-11(15(18)20)5-6-13(14)17/h2-9,19H,17H2,1H3,(H2,18,20). The Morgan fingerprint density at radius 1 is 1.25 bits per heavy atom. The van der Waals surface area contributed by atoms with Gasteiger partial charge >= 0.3 is 0 Å². The van der Waals surface area contributed by atoms with Crippen molar-refractivity contribution in [2.24, 2.45) is 5.73 Å². The van der Waals surface area contributed by atoms with E-state index in [1.807, 2.05) is 31.2 Å². The molecule has 4 nitrogen and oxygen atoms in total. The lowest BCUT2D eigenvalue weighted by atomic mass is 10.1. The molecule has 0 heterocycles. The fourth-order valence-corrected chi connectivity index (χ4v) is 2.34.